The van der Waals surface area contributed by atoms with Crippen LogP contribution in [0.2, 0.25) is 0 Å². The summed E-state index contributed by atoms with van der Waals surface area (Å²) in [5.41, 5.74) is 4.87. The summed E-state index contributed by atoms with van der Waals surface area (Å²) in [4.78, 5) is 9.85. The van der Waals surface area contributed by atoms with Crippen molar-refractivity contribution >= 4 is 6.29 Å². The zero-order chi connectivity index (χ0) is 19.3. The van der Waals surface area contributed by atoms with E-state index in [0.29, 0.717) is 18.6 Å². The van der Waals surface area contributed by atoms with Crippen molar-refractivity contribution < 1.29 is 24.9 Å². The van der Waals surface area contributed by atoms with E-state index in [2.05, 4.69) is 0 Å². The van der Waals surface area contributed by atoms with E-state index >= 15 is 0 Å². The monoisotopic (exact) mass is 359 g/mol. The van der Waals surface area contributed by atoms with Crippen LogP contribution >= 0.6 is 0 Å². The van der Waals surface area contributed by atoms with E-state index in [4.69, 9.17) is 4.74 Å². The molecule has 0 unspecified atom stereocenters. The van der Waals surface area contributed by atoms with Crippen molar-refractivity contribution in [2.75, 3.05) is 27.2 Å². The number of benzene rings is 2. The van der Waals surface area contributed by atoms with Crippen molar-refractivity contribution in [3.05, 3.63) is 53.1 Å². The van der Waals surface area contributed by atoms with Gasteiger partial charge in [-0.05, 0) is 54.3 Å². The third kappa shape index (κ3) is 4.89. The van der Waals surface area contributed by atoms with Crippen LogP contribution in [0.25, 0.3) is 11.1 Å². The summed E-state index contributed by atoms with van der Waals surface area (Å²) in [7, 11) is 3.18. The first kappa shape index (κ1) is 20.1. The molecule has 0 aliphatic rings. The third-order valence-electron chi connectivity index (χ3n) is 4.33. The number of carbonyl (C=O) groups excluding carboxylic acids is 1. The minimum atomic E-state index is -1.16. The average Bonchev–Trinajstić information content (AvgIpc) is 2.58. The molecule has 0 aliphatic heterocycles. The molecule has 0 fully saturated rings. The van der Waals surface area contributed by atoms with Gasteiger partial charge in [0.2, 0.25) is 0 Å². The van der Waals surface area contributed by atoms with Gasteiger partial charge < -0.3 is 4.74 Å². The molecule has 0 saturated carbocycles. The molecule has 0 saturated heterocycles. The topological polar surface area (TPSA) is 70.0 Å². The number of carbonyl (C=O) groups is 1. The van der Waals surface area contributed by atoms with Gasteiger partial charge in [-0.25, -0.2) is 0 Å². The molecular formula is C20H27N2O4+. The fourth-order valence-corrected chi connectivity index (χ4v) is 2.90. The molecule has 0 aliphatic carbocycles. The predicted octanol–water partition coefficient (Wildman–Crippen LogP) is 3.62. The van der Waals surface area contributed by atoms with E-state index in [1.807, 2.05) is 44.2 Å². The first-order valence-electron chi connectivity index (χ1n) is 8.55. The Morgan fingerprint density at radius 3 is 2.35 bits per heavy atom. The SMILES string of the molecule is Cc1cc(OCCC[N+](O)(O)N(C)C)cc(C)c1-c1cccc(C=O)c1. The fraction of sp³-hybridized carbons (Fsp3) is 0.350. The van der Waals surface area contributed by atoms with Crippen LogP contribution in [0.15, 0.2) is 36.4 Å². The Kier molecular flexibility index (Phi) is 6.50. The van der Waals surface area contributed by atoms with Crippen molar-refractivity contribution in [1.82, 2.24) is 5.01 Å². The molecular weight excluding hydrogens is 332 g/mol. The summed E-state index contributed by atoms with van der Waals surface area (Å²) in [6.45, 7) is 4.55. The van der Waals surface area contributed by atoms with E-state index in [1.165, 1.54) is 5.01 Å². The zero-order valence-electron chi connectivity index (χ0n) is 15.8. The van der Waals surface area contributed by atoms with Crippen LogP contribution < -0.4 is 4.74 Å². The highest BCUT2D eigenvalue weighted by molar-refractivity contribution is 5.80. The second-order valence-corrected chi connectivity index (χ2v) is 6.64. The molecule has 0 spiro atoms. The fourth-order valence-electron chi connectivity index (χ4n) is 2.90. The molecule has 0 radical (unpaired) electrons. The summed E-state index contributed by atoms with van der Waals surface area (Å²) in [6, 6.07) is 11.5. The van der Waals surface area contributed by atoms with Crippen molar-refractivity contribution in [1.29, 1.82) is 0 Å². The number of hydrogen-bond donors (Lipinski definition) is 2. The Balaban J connectivity index is 2.08. The Morgan fingerprint density at radius 2 is 1.77 bits per heavy atom. The lowest BCUT2D eigenvalue weighted by molar-refractivity contribution is -1.31. The largest absolute Gasteiger partial charge is 0.493 e. The predicted molar refractivity (Wildman–Crippen MR) is 99.2 cm³/mol. The molecule has 26 heavy (non-hydrogen) atoms. The quantitative estimate of drug-likeness (QED) is 0.326. The smallest absolute Gasteiger partial charge is 0.166 e. The normalized spacial score (nSPS) is 11.7. The van der Waals surface area contributed by atoms with Crippen LogP contribution in [-0.4, -0.2) is 53.9 Å². The van der Waals surface area contributed by atoms with Gasteiger partial charge in [0.1, 0.15) is 12.0 Å². The van der Waals surface area contributed by atoms with E-state index in [9.17, 15) is 15.2 Å². The average molecular weight is 359 g/mol. The second kappa shape index (κ2) is 8.42. The van der Waals surface area contributed by atoms with Gasteiger partial charge in [-0.2, -0.15) is 10.4 Å². The maximum absolute atomic E-state index is 11.0. The highest BCUT2D eigenvalue weighted by Crippen LogP contribution is 2.31. The van der Waals surface area contributed by atoms with E-state index in [0.717, 1.165) is 34.3 Å². The maximum atomic E-state index is 11.0. The van der Waals surface area contributed by atoms with E-state index < -0.39 is 4.92 Å². The first-order chi connectivity index (χ1) is 12.2. The molecule has 2 N–H and O–H groups in total. The maximum Gasteiger partial charge on any atom is 0.166 e. The summed E-state index contributed by atoms with van der Waals surface area (Å²) >= 11 is 0. The van der Waals surface area contributed by atoms with Gasteiger partial charge in [0.25, 0.3) is 0 Å². The minimum absolute atomic E-state index is 0.140. The van der Waals surface area contributed by atoms with E-state index in [1.54, 1.807) is 20.2 Å². The van der Waals surface area contributed by atoms with Gasteiger partial charge in [-0.15, -0.1) is 0 Å². The molecule has 2 aromatic carbocycles. The minimum Gasteiger partial charge on any atom is -0.493 e. The third-order valence-corrected chi connectivity index (χ3v) is 4.33. The van der Waals surface area contributed by atoms with Gasteiger partial charge in [-0.3, -0.25) is 4.79 Å². The molecule has 0 amide bonds. The number of aryl methyl sites for hydroxylation is 2. The van der Waals surface area contributed by atoms with Gasteiger partial charge in [0.05, 0.1) is 6.61 Å². The molecule has 0 atom stereocenters. The zero-order valence-corrected chi connectivity index (χ0v) is 15.8. The van der Waals surface area contributed by atoms with Crippen molar-refractivity contribution in [3.63, 3.8) is 0 Å². The number of rotatable bonds is 8. The standard InChI is InChI=1S/C20H27N2O4/c1-15-11-19(26-10-6-9-22(24,25)21(3)4)12-16(2)20(15)18-8-5-7-17(13-18)14-23/h5,7-8,11-14,24-25H,6,9-10H2,1-4H3/q+1. The van der Waals surface area contributed by atoms with Crippen LogP contribution in [0.3, 0.4) is 0 Å². The Labute approximate surface area is 154 Å². The Bertz CT molecular complexity index is 749. The van der Waals surface area contributed by atoms with Gasteiger partial charge in [0, 0.05) is 31.0 Å². The molecule has 6 nitrogen and oxygen atoms in total. The number of ether oxygens (including phenoxy) is 1. The summed E-state index contributed by atoms with van der Waals surface area (Å²) in [6.07, 6.45) is 1.34. The molecule has 2 aromatic rings. The van der Waals surface area contributed by atoms with Crippen molar-refractivity contribution in [3.8, 4) is 16.9 Å². The van der Waals surface area contributed by atoms with Crippen molar-refractivity contribution in [2.24, 2.45) is 0 Å². The lowest BCUT2D eigenvalue weighted by Gasteiger charge is -2.26. The lowest BCUT2D eigenvalue weighted by Crippen LogP contribution is -2.52. The Hall–Kier alpha value is -2.25. The van der Waals surface area contributed by atoms with Gasteiger partial charge in [0.15, 0.2) is 6.54 Å². The number of hydrogen-bond acceptors (Lipinski definition) is 5. The van der Waals surface area contributed by atoms with Crippen LogP contribution in [0.4, 0.5) is 0 Å². The highest BCUT2D eigenvalue weighted by atomic mass is 16.9. The highest BCUT2D eigenvalue weighted by Gasteiger charge is 2.25. The molecule has 2 rings (SSSR count). The lowest BCUT2D eigenvalue weighted by atomic mass is 9.94. The van der Waals surface area contributed by atoms with Crippen LogP contribution in [0, 0.1) is 13.8 Å². The Morgan fingerprint density at radius 1 is 1.12 bits per heavy atom. The second-order valence-electron chi connectivity index (χ2n) is 6.64. The number of aldehydes is 1. The summed E-state index contributed by atoms with van der Waals surface area (Å²) < 4.78 is 5.77. The van der Waals surface area contributed by atoms with Crippen molar-refractivity contribution in [2.45, 2.75) is 20.3 Å². The first-order valence-corrected chi connectivity index (χ1v) is 8.55. The summed E-state index contributed by atoms with van der Waals surface area (Å²) in [5.74, 6) is 0.745. The van der Waals surface area contributed by atoms with Crippen LogP contribution in [0.1, 0.15) is 27.9 Å². The van der Waals surface area contributed by atoms with Crippen LogP contribution in [0.5, 0.6) is 5.75 Å². The molecule has 6 heteroatoms. The molecule has 0 heterocycles. The van der Waals surface area contributed by atoms with Gasteiger partial charge >= 0.3 is 0 Å². The molecule has 140 valence electrons. The van der Waals surface area contributed by atoms with E-state index in [-0.39, 0.29) is 6.54 Å². The van der Waals surface area contributed by atoms with Gasteiger partial charge in [-0.1, -0.05) is 23.2 Å². The van der Waals surface area contributed by atoms with Crippen LogP contribution in [-0.2, 0) is 0 Å². The number of nitrogens with zero attached hydrogens (tertiary/aromatic N) is 2. The molecule has 0 aromatic heterocycles. The molecule has 0 bridgehead atoms. The number of quaternary nitrogens is 1. The summed E-state index contributed by atoms with van der Waals surface area (Å²) in [5, 5.41) is 20.7. The number of hydroxylamine groups is 2.